The number of aromatic amines is 1. The number of H-pyrrole nitrogens is 1. The molecule has 7 heteroatoms. The number of aromatic nitrogens is 1. The van der Waals surface area contributed by atoms with Crippen LogP contribution in [0.1, 0.15) is 39.6 Å². The van der Waals surface area contributed by atoms with E-state index in [0.29, 0.717) is 11.5 Å². The van der Waals surface area contributed by atoms with Gasteiger partial charge in [0.05, 0.1) is 11.7 Å². The number of pyridine rings is 1. The number of amides is 1. The first-order chi connectivity index (χ1) is 13.0. The van der Waals surface area contributed by atoms with E-state index < -0.39 is 29.6 Å². The van der Waals surface area contributed by atoms with Gasteiger partial charge in [-0.1, -0.05) is 36.4 Å². The van der Waals surface area contributed by atoms with Gasteiger partial charge in [-0.15, -0.1) is 0 Å². The third-order valence-electron chi connectivity index (χ3n) is 4.37. The number of rotatable bonds is 3. The number of nitrogens with one attached hydrogen (secondary N) is 2. The van der Waals surface area contributed by atoms with Crippen LogP contribution in [0.25, 0.3) is 0 Å². The maximum Gasteiger partial charge on any atom is 0.278 e. The second-order valence-electron chi connectivity index (χ2n) is 6.04. The summed E-state index contributed by atoms with van der Waals surface area (Å²) in [6.45, 7) is 0. The van der Waals surface area contributed by atoms with Gasteiger partial charge in [-0.25, -0.2) is 8.78 Å². The number of para-hydroxylation sites is 2. The van der Waals surface area contributed by atoms with E-state index in [-0.39, 0.29) is 5.56 Å². The lowest BCUT2D eigenvalue weighted by molar-refractivity contribution is 0.0939. The van der Waals surface area contributed by atoms with Crippen LogP contribution in [0.15, 0.2) is 65.5 Å². The molecule has 1 aliphatic heterocycles. The molecule has 1 aliphatic rings. The third-order valence-corrected chi connectivity index (χ3v) is 4.37. The fraction of sp³-hybridized carbons (Fsp3) is 0.100. The number of hydrogen-bond acceptors (Lipinski definition) is 3. The minimum absolute atomic E-state index is 0.235. The molecule has 2 N–H and O–H groups in total. The summed E-state index contributed by atoms with van der Waals surface area (Å²) >= 11 is 0. The molecule has 0 radical (unpaired) electrons. The molecular weight excluding hydrogens is 354 g/mol. The Balaban J connectivity index is 1.71. The van der Waals surface area contributed by atoms with Crippen LogP contribution in [0.5, 0.6) is 11.5 Å². The first-order valence-electron chi connectivity index (χ1n) is 8.22. The van der Waals surface area contributed by atoms with Crippen molar-refractivity contribution in [2.24, 2.45) is 0 Å². The zero-order valence-corrected chi connectivity index (χ0v) is 13.9. The number of halogens is 2. The number of carbonyl (C=O) groups is 1. The Morgan fingerprint density at radius 2 is 1.56 bits per heavy atom. The van der Waals surface area contributed by atoms with Crippen molar-refractivity contribution in [3.63, 3.8) is 0 Å². The summed E-state index contributed by atoms with van der Waals surface area (Å²) in [5, 5.41) is 2.81. The van der Waals surface area contributed by atoms with E-state index in [1.165, 1.54) is 0 Å². The molecule has 0 unspecified atom stereocenters. The number of benzene rings is 2. The topological polar surface area (TPSA) is 71.2 Å². The summed E-state index contributed by atoms with van der Waals surface area (Å²) in [6, 6.07) is 16.1. The number of fused-ring (bicyclic) bond motifs is 2. The summed E-state index contributed by atoms with van der Waals surface area (Å²) < 4.78 is 31.3. The standard InChI is InChI=1S/C20H14F2N2O3/c21-18(22)14-10-9-13(19(25)23-14)20(26)24-17-11-5-1-3-7-15(11)27-16-8-4-2-6-12(16)17/h1-10,17-18H,(H,23,25)(H,24,26). The molecule has 0 fully saturated rings. The molecule has 0 aliphatic carbocycles. The van der Waals surface area contributed by atoms with Gasteiger partial charge in [0.2, 0.25) is 0 Å². The Kier molecular flexibility index (Phi) is 4.19. The van der Waals surface area contributed by atoms with Crippen molar-refractivity contribution in [2.75, 3.05) is 0 Å². The van der Waals surface area contributed by atoms with E-state index in [4.69, 9.17) is 4.74 Å². The zero-order chi connectivity index (χ0) is 19.0. The van der Waals surface area contributed by atoms with E-state index in [1.807, 2.05) is 41.4 Å². The molecule has 0 saturated carbocycles. The van der Waals surface area contributed by atoms with Crippen molar-refractivity contribution in [1.82, 2.24) is 10.3 Å². The number of carbonyl (C=O) groups excluding carboxylic acids is 1. The molecule has 0 atom stereocenters. The second kappa shape index (κ2) is 6.68. The monoisotopic (exact) mass is 368 g/mol. The van der Waals surface area contributed by atoms with Gasteiger partial charge < -0.3 is 15.0 Å². The van der Waals surface area contributed by atoms with E-state index in [9.17, 15) is 18.4 Å². The van der Waals surface area contributed by atoms with Crippen molar-refractivity contribution in [2.45, 2.75) is 12.5 Å². The van der Waals surface area contributed by atoms with Gasteiger partial charge in [-0.2, -0.15) is 0 Å². The highest BCUT2D eigenvalue weighted by atomic mass is 19.3. The number of alkyl halides is 2. The van der Waals surface area contributed by atoms with Crippen molar-refractivity contribution in [3.8, 4) is 11.5 Å². The van der Waals surface area contributed by atoms with Gasteiger partial charge in [-0.05, 0) is 24.3 Å². The van der Waals surface area contributed by atoms with Crippen LogP contribution in [-0.2, 0) is 0 Å². The Morgan fingerprint density at radius 1 is 0.963 bits per heavy atom. The first kappa shape index (κ1) is 17.0. The van der Waals surface area contributed by atoms with Crippen LogP contribution < -0.4 is 15.6 Å². The molecule has 27 heavy (non-hydrogen) atoms. The molecule has 0 spiro atoms. The fourth-order valence-electron chi connectivity index (χ4n) is 3.07. The summed E-state index contributed by atoms with van der Waals surface area (Å²) in [4.78, 5) is 26.8. The highest BCUT2D eigenvalue weighted by Crippen LogP contribution is 2.42. The van der Waals surface area contributed by atoms with Crippen molar-refractivity contribution in [3.05, 3.63) is 93.4 Å². The van der Waals surface area contributed by atoms with Gasteiger partial charge in [0.15, 0.2) is 0 Å². The Morgan fingerprint density at radius 3 is 2.11 bits per heavy atom. The molecule has 1 amide bonds. The largest absolute Gasteiger partial charge is 0.457 e. The Labute approximate surface area is 152 Å². The highest BCUT2D eigenvalue weighted by Gasteiger charge is 2.29. The molecular formula is C20H14F2N2O3. The molecule has 0 saturated heterocycles. The maximum absolute atomic E-state index is 12.7. The maximum atomic E-state index is 12.7. The lowest BCUT2D eigenvalue weighted by Crippen LogP contribution is -2.34. The predicted octanol–water partition coefficient (Wildman–Crippen LogP) is 3.94. The Hall–Kier alpha value is -3.48. The van der Waals surface area contributed by atoms with Gasteiger partial charge in [-0.3, -0.25) is 9.59 Å². The molecule has 136 valence electrons. The van der Waals surface area contributed by atoms with Gasteiger partial charge in [0.25, 0.3) is 17.9 Å². The second-order valence-corrected chi connectivity index (χ2v) is 6.04. The summed E-state index contributed by atoms with van der Waals surface area (Å²) in [6.07, 6.45) is -2.82. The summed E-state index contributed by atoms with van der Waals surface area (Å²) in [5.74, 6) is 0.542. The van der Waals surface area contributed by atoms with Crippen LogP contribution in [0.3, 0.4) is 0 Å². The van der Waals surface area contributed by atoms with Crippen LogP contribution in [0.4, 0.5) is 8.78 Å². The SMILES string of the molecule is O=C(NC1c2ccccc2Oc2ccccc21)c1ccc(C(F)F)[nH]c1=O. The molecule has 1 aromatic heterocycles. The molecule has 4 rings (SSSR count). The molecule has 5 nitrogen and oxygen atoms in total. The minimum atomic E-state index is -2.82. The molecule has 0 bridgehead atoms. The van der Waals surface area contributed by atoms with E-state index in [1.54, 1.807) is 12.1 Å². The first-order valence-corrected chi connectivity index (χ1v) is 8.22. The lowest BCUT2D eigenvalue weighted by atomic mass is 9.94. The van der Waals surface area contributed by atoms with Crippen LogP contribution in [0.2, 0.25) is 0 Å². The van der Waals surface area contributed by atoms with Crippen LogP contribution in [-0.4, -0.2) is 10.9 Å². The Bertz CT molecular complexity index is 1030. The van der Waals surface area contributed by atoms with Crippen LogP contribution in [0, 0.1) is 0 Å². The van der Waals surface area contributed by atoms with E-state index in [2.05, 4.69) is 5.32 Å². The zero-order valence-electron chi connectivity index (χ0n) is 13.9. The van der Waals surface area contributed by atoms with E-state index >= 15 is 0 Å². The molecule has 2 aromatic carbocycles. The number of ether oxygens (including phenoxy) is 1. The quantitative estimate of drug-likeness (QED) is 0.736. The number of hydrogen-bond donors (Lipinski definition) is 2. The van der Waals surface area contributed by atoms with Gasteiger partial charge in [0.1, 0.15) is 17.1 Å². The summed E-state index contributed by atoms with van der Waals surface area (Å²) in [7, 11) is 0. The highest BCUT2D eigenvalue weighted by molar-refractivity contribution is 5.94. The third kappa shape index (κ3) is 3.08. The van der Waals surface area contributed by atoms with E-state index in [0.717, 1.165) is 23.3 Å². The fourth-order valence-corrected chi connectivity index (χ4v) is 3.07. The average Bonchev–Trinajstić information content (AvgIpc) is 2.67. The summed E-state index contributed by atoms with van der Waals surface area (Å²) in [5.41, 5.74) is -0.145. The van der Waals surface area contributed by atoms with Gasteiger partial charge in [0, 0.05) is 11.1 Å². The van der Waals surface area contributed by atoms with Gasteiger partial charge >= 0.3 is 0 Å². The van der Waals surface area contributed by atoms with Crippen molar-refractivity contribution >= 4 is 5.91 Å². The normalized spacial score (nSPS) is 12.9. The van der Waals surface area contributed by atoms with Crippen LogP contribution >= 0.6 is 0 Å². The lowest BCUT2D eigenvalue weighted by Gasteiger charge is -2.28. The minimum Gasteiger partial charge on any atom is -0.457 e. The van der Waals surface area contributed by atoms with Crippen molar-refractivity contribution in [1.29, 1.82) is 0 Å². The predicted molar refractivity (Wildman–Crippen MR) is 94.3 cm³/mol. The average molecular weight is 368 g/mol. The molecule has 2 heterocycles. The molecule has 3 aromatic rings. The smallest absolute Gasteiger partial charge is 0.278 e. The van der Waals surface area contributed by atoms with Crippen molar-refractivity contribution < 1.29 is 18.3 Å².